The highest BCUT2D eigenvalue weighted by Crippen LogP contribution is 2.24. The lowest BCUT2D eigenvalue weighted by atomic mass is 10.1. The molecule has 0 saturated carbocycles. The van der Waals surface area contributed by atoms with Crippen molar-refractivity contribution in [2.45, 2.75) is 12.5 Å². The number of nitrogens with one attached hydrogen (secondary N) is 1. The molecule has 21 heavy (non-hydrogen) atoms. The maximum absolute atomic E-state index is 12.8. The minimum Gasteiger partial charge on any atom is -0.481 e. The van der Waals surface area contributed by atoms with Crippen LogP contribution in [0.25, 0.3) is 10.9 Å². The van der Waals surface area contributed by atoms with Crippen LogP contribution in [0.15, 0.2) is 30.5 Å². The Hall–Kier alpha value is -1.95. The molecule has 1 amide bonds. The summed E-state index contributed by atoms with van der Waals surface area (Å²) in [7, 11) is 0. The van der Waals surface area contributed by atoms with Gasteiger partial charge in [-0.05, 0) is 12.1 Å². The van der Waals surface area contributed by atoms with E-state index in [2.05, 4.69) is 4.98 Å². The fourth-order valence-corrected chi connectivity index (χ4v) is 3.77. The normalized spacial score (nSPS) is 18.9. The molecular formula is C15H16N2O3S. The van der Waals surface area contributed by atoms with E-state index in [0.717, 1.165) is 16.7 Å². The molecule has 1 aliphatic heterocycles. The molecule has 1 atom stereocenters. The van der Waals surface area contributed by atoms with Crippen LogP contribution in [-0.4, -0.2) is 51.0 Å². The Morgan fingerprint density at radius 2 is 2.24 bits per heavy atom. The maximum Gasteiger partial charge on any atom is 0.305 e. The number of aliphatic carboxylic acids is 1. The van der Waals surface area contributed by atoms with E-state index >= 15 is 0 Å². The second-order valence-electron chi connectivity index (χ2n) is 5.07. The van der Waals surface area contributed by atoms with E-state index < -0.39 is 5.97 Å². The zero-order valence-electron chi connectivity index (χ0n) is 11.4. The number of thioether (sulfide) groups is 1. The quantitative estimate of drug-likeness (QED) is 0.911. The first-order valence-electron chi connectivity index (χ1n) is 6.83. The van der Waals surface area contributed by atoms with Crippen molar-refractivity contribution in [1.82, 2.24) is 9.88 Å². The summed E-state index contributed by atoms with van der Waals surface area (Å²) >= 11 is 1.70. The molecule has 1 aliphatic rings. The smallest absolute Gasteiger partial charge is 0.305 e. The number of aromatic amines is 1. The zero-order valence-corrected chi connectivity index (χ0v) is 12.2. The topological polar surface area (TPSA) is 73.4 Å². The number of H-pyrrole nitrogens is 1. The molecule has 0 radical (unpaired) electrons. The SMILES string of the molecule is O=C(O)CC1CSCCN1C(=O)c1cccc2cc[nH]c12. The first kappa shape index (κ1) is 14.0. The summed E-state index contributed by atoms with van der Waals surface area (Å²) in [6, 6.07) is 7.28. The Kier molecular flexibility index (Phi) is 3.88. The van der Waals surface area contributed by atoms with Crippen molar-refractivity contribution < 1.29 is 14.7 Å². The molecule has 2 aromatic rings. The van der Waals surface area contributed by atoms with Crippen molar-refractivity contribution >= 4 is 34.5 Å². The van der Waals surface area contributed by atoms with Gasteiger partial charge in [0.05, 0.1) is 23.5 Å². The average Bonchev–Trinajstić information content (AvgIpc) is 2.95. The van der Waals surface area contributed by atoms with Gasteiger partial charge < -0.3 is 15.0 Å². The van der Waals surface area contributed by atoms with Crippen molar-refractivity contribution in [3.63, 3.8) is 0 Å². The summed E-state index contributed by atoms with van der Waals surface area (Å²) in [5.74, 6) is 0.578. The molecule has 1 fully saturated rings. The van der Waals surface area contributed by atoms with Gasteiger partial charge in [0.25, 0.3) is 5.91 Å². The van der Waals surface area contributed by atoms with Gasteiger partial charge in [-0.1, -0.05) is 12.1 Å². The van der Waals surface area contributed by atoms with Gasteiger partial charge >= 0.3 is 5.97 Å². The zero-order chi connectivity index (χ0) is 14.8. The fraction of sp³-hybridized carbons (Fsp3) is 0.333. The van der Waals surface area contributed by atoms with Crippen LogP contribution in [0, 0.1) is 0 Å². The number of nitrogens with zero attached hydrogens (tertiary/aromatic N) is 1. The highest BCUT2D eigenvalue weighted by Gasteiger charge is 2.30. The van der Waals surface area contributed by atoms with Gasteiger partial charge in [0.2, 0.25) is 0 Å². The molecule has 5 nitrogen and oxygen atoms in total. The molecule has 110 valence electrons. The van der Waals surface area contributed by atoms with Crippen molar-refractivity contribution in [2.24, 2.45) is 0 Å². The number of rotatable bonds is 3. The molecule has 1 aromatic heterocycles. The summed E-state index contributed by atoms with van der Waals surface area (Å²) < 4.78 is 0. The summed E-state index contributed by atoms with van der Waals surface area (Å²) in [6.07, 6.45) is 1.81. The third kappa shape index (κ3) is 2.76. The minimum absolute atomic E-state index is 0.000553. The van der Waals surface area contributed by atoms with Gasteiger partial charge in [-0.2, -0.15) is 11.8 Å². The highest BCUT2D eigenvalue weighted by atomic mass is 32.2. The lowest BCUT2D eigenvalue weighted by Gasteiger charge is -2.34. The molecule has 2 heterocycles. The molecule has 1 saturated heterocycles. The number of amides is 1. The number of carboxylic acids is 1. The number of carbonyl (C=O) groups excluding carboxylic acids is 1. The standard InChI is InChI=1S/C15H16N2O3S/c18-13(19)8-11-9-21-7-6-17(11)15(20)12-3-1-2-10-4-5-16-14(10)12/h1-5,11,16H,6-9H2,(H,18,19). The molecule has 6 heteroatoms. The largest absolute Gasteiger partial charge is 0.481 e. The third-order valence-electron chi connectivity index (χ3n) is 3.72. The maximum atomic E-state index is 12.8. The van der Waals surface area contributed by atoms with Crippen LogP contribution in [0.3, 0.4) is 0 Å². The Labute approximate surface area is 126 Å². The van der Waals surface area contributed by atoms with E-state index in [0.29, 0.717) is 17.9 Å². The van der Waals surface area contributed by atoms with Gasteiger partial charge in [-0.25, -0.2) is 0 Å². The number of hydrogen-bond acceptors (Lipinski definition) is 3. The summed E-state index contributed by atoms with van der Waals surface area (Å²) in [5.41, 5.74) is 1.43. The van der Waals surface area contributed by atoms with E-state index in [4.69, 9.17) is 5.11 Å². The highest BCUT2D eigenvalue weighted by molar-refractivity contribution is 7.99. The van der Waals surface area contributed by atoms with E-state index in [1.165, 1.54) is 0 Å². The first-order valence-corrected chi connectivity index (χ1v) is 7.99. The van der Waals surface area contributed by atoms with Crippen molar-refractivity contribution in [2.75, 3.05) is 18.1 Å². The lowest BCUT2D eigenvalue weighted by Crippen LogP contribution is -2.47. The van der Waals surface area contributed by atoms with Gasteiger partial charge in [0, 0.05) is 29.6 Å². The summed E-state index contributed by atoms with van der Waals surface area (Å²) in [5, 5.41) is 10.0. The van der Waals surface area contributed by atoms with Crippen LogP contribution in [0.2, 0.25) is 0 Å². The third-order valence-corrected chi connectivity index (χ3v) is 4.81. The molecule has 0 spiro atoms. The number of carbonyl (C=O) groups is 2. The van der Waals surface area contributed by atoms with Crippen LogP contribution in [-0.2, 0) is 4.79 Å². The van der Waals surface area contributed by atoms with Gasteiger partial charge in [0.15, 0.2) is 0 Å². The van der Waals surface area contributed by atoms with Crippen LogP contribution in [0.4, 0.5) is 0 Å². The summed E-state index contributed by atoms with van der Waals surface area (Å²) in [6.45, 7) is 0.596. The van der Waals surface area contributed by atoms with Crippen molar-refractivity contribution in [3.8, 4) is 0 Å². The number of hydrogen-bond donors (Lipinski definition) is 2. The second-order valence-corrected chi connectivity index (χ2v) is 6.22. The molecule has 1 unspecified atom stereocenters. The Bertz CT molecular complexity index is 682. The van der Waals surface area contributed by atoms with E-state index in [-0.39, 0.29) is 18.4 Å². The Balaban J connectivity index is 1.92. The number of benzene rings is 1. The molecule has 1 aromatic carbocycles. The van der Waals surface area contributed by atoms with E-state index in [1.54, 1.807) is 22.7 Å². The molecule has 2 N–H and O–H groups in total. The number of aromatic nitrogens is 1. The summed E-state index contributed by atoms with van der Waals surface area (Å²) in [4.78, 5) is 28.6. The van der Waals surface area contributed by atoms with Crippen LogP contribution >= 0.6 is 11.8 Å². The van der Waals surface area contributed by atoms with Gasteiger partial charge in [-0.15, -0.1) is 0 Å². The number of para-hydroxylation sites is 1. The predicted molar refractivity (Wildman–Crippen MR) is 82.7 cm³/mol. The number of carboxylic acid groups (broad SMARTS) is 1. The minimum atomic E-state index is -0.863. The number of fused-ring (bicyclic) bond motifs is 1. The molecule has 3 rings (SSSR count). The van der Waals surface area contributed by atoms with Crippen LogP contribution in [0.1, 0.15) is 16.8 Å². The molecule has 0 bridgehead atoms. The Morgan fingerprint density at radius 3 is 3.05 bits per heavy atom. The lowest BCUT2D eigenvalue weighted by molar-refractivity contribution is -0.138. The van der Waals surface area contributed by atoms with Gasteiger partial charge in [-0.3, -0.25) is 9.59 Å². The average molecular weight is 304 g/mol. The first-order chi connectivity index (χ1) is 10.2. The van der Waals surface area contributed by atoms with Gasteiger partial charge in [0.1, 0.15) is 0 Å². The molecule has 0 aliphatic carbocycles. The predicted octanol–water partition coefficient (Wildman–Crippen LogP) is 2.20. The van der Waals surface area contributed by atoms with E-state index in [9.17, 15) is 9.59 Å². The van der Waals surface area contributed by atoms with Crippen LogP contribution < -0.4 is 0 Å². The van der Waals surface area contributed by atoms with E-state index in [1.807, 2.05) is 24.4 Å². The second kappa shape index (κ2) is 5.81. The fourth-order valence-electron chi connectivity index (χ4n) is 2.71. The monoisotopic (exact) mass is 304 g/mol. The Morgan fingerprint density at radius 1 is 1.38 bits per heavy atom. The molecular weight excluding hydrogens is 288 g/mol. The van der Waals surface area contributed by atoms with Crippen molar-refractivity contribution in [3.05, 3.63) is 36.0 Å². The van der Waals surface area contributed by atoms with Crippen molar-refractivity contribution in [1.29, 1.82) is 0 Å². The van der Waals surface area contributed by atoms with Crippen LogP contribution in [0.5, 0.6) is 0 Å².